The van der Waals surface area contributed by atoms with Gasteiger partial charge in [0.15, 0.2) is 0 Å². The molecule has 1 aromatic carbocycles. The monoisotopic (exact) mass is 332 g/mol. The Labute approximate surface area is 144 Å². The van der Waals surface area contributed by atoms with Crippen LogP contribution < -0.4 is 4.74 Å². The summed E-state index contributed by atoms with van der Waals surface area (Å²) in [4.78, 5) is 24.9. The maximum atomic E-state index is 12.5. The summed E-state index contributed by atoms with van der Waals surface area (Å²) >= 11 is 0. The molecule has 0 aliphatic heterocycles. The Balaban J connectivity index is 1.94. The van der Waals surface area contributed by atoms with Crippen molar-refractivity contribution in [3.63, 3.8) is 0 Å². The topological polar surface area (TPSA) is 52.6 Å². The first-order chi connectivity index (χ1) is 11.6. The van der Waals surface area contributed by atoms with Crippen LogP contribution in [0, 0.1) is 18.8 Å². The lowest BCUT2D eigenvalue weighted by molar-refractivity contribution is -0.158. The number of benzene rings is 1. The molecule has 0 saturated heterocycles. The van der Waals surface area contributed by atoms with Crippen LogP contribution in [0.3, 0.4) is 0 Å². The number of hydrogen-bond acceptors (Lipinski definition) is 4. The number of carbonyl (C=O) groups excluding carboxylic acids is 2. The summed E-state index contributed by atoms with van der Waals surface area (Å²) in [5.41, 5.74) is 1.04. The van der Waals surface area contributed by atoms with Crippen LogP contribution >= 0.6 is 0 Å². The van der Waals surface area contributed by atoms with Gasteiger partial charge in [-0.25, -0.2) is 0 Å². The van der Waals surface area contributed by atoms with E-state index in [1.165, 1.54) is 0 Å². The third-order valence-corrected chi connectivity index (χ3v) is 4.57. The van der Waals surface area contributed by atoms with Crippen LogP contribution in [0.25, 0.3) is 0 Å². The molecule has 4 heteroatoms. The standard InChI is InChI=1S/C20H28O4/c1-3-4-7-13-23-19(21)17-11-5-6-12-18(17)20(22)24-16-10-8-9-15(2)14-16/h8-10,14,17-18H,3-7,11-13H2,1-2H3. The zero-order valence-corrected chi connectivity index (χ0v) is 14.8. The summed E-state index contributed by atoms with van der Waals surface area (Å²) in [6.07, 6.45) is 6.34. The molecule has 4 nitrogen and oxygen atoms in total. The minimum Gasteiger partial charge on any atom is -0.465 e. The molecule has 0 amide bonds. The van der Waals surface area contributed by atoms with Gasteiger partial charge in [0.2, 0.25) is 0 Å². The van der Waals surface area contributed by atoms with E-state index in [1.807, 2.05) is 25.1 Å². The van der Waals surface area contributed by atoms with Crippen molar-refractivity contribution >= 4 is 11.9 Å². The molecule has 0 heterocycles. The lowest BCUT2D eigenvalue weighted by Gasteiger charge is -2.28. The average molecular weight is 332 g/mol. The van der Waals surface area contributed by atoms with Gasteiger partial charge in [-0.15, -0.1) is 0 Å². The van der Waals surface area contributed by atoms with Crippen LogP contribution in [0.5, 0.6) is 5.75 Å². The predicted octanol–water partition coefficient (Wildman–Crippen LogP) is 4.44. The quantitative estimate of drug-likeness (QED) is 0.421. The molecule has 1 fully saturated rings. The smallest absolute Gasteiger partial charge is 0.315 e. The normalized spacial score (nSPS) is 20.4. The van der Waals surface area contributed by atoms with E-state index in [0.29, 0.717) is 25.2 Å². The summed E-state index contributed by atoms with van der Waals surface area (Å²) in [6, 6.07) is 7.41. The molecule has 132 valence electrons. The van der Waals surface area contributed by atoms with Crippen molar-refractivity contribution in [1.82, 2.24) is 0 Å². The van der Waals surface area contributed by atoms with E-state index in [2.05, 4.69) is 6.92 Å². The van der Waals surface area contributed by atoms with E-state index >= 15 is 0 Å². The highest BCUT2D eigenvalue weighted by molar-refractivity contribution is 5.83. The summed E-state index contributed by atoms with van der Waals surface area (Å²) in [5.74, 6) is -0.760. The first-order valence-electron chi connectivity index (χ1n) is 9.06. The van der Waals surface area contributed by atoms with Gasteiger partial charge >= 0.3 is 11.9 Å². The maximum Gasteiger partial charge on any atom is 0.315 e. The number of rotatable bonds is 7. The summed E-state index contributed by atoms with van der Waals surface area (Å²) in [5, 5.41) is 0. The molecule has 2 rings (SSSR count). The van der Waals surface area contributed by atoms with E-state index < -0.39 is 5.92 Å². The third kappa shape index (κ3) is 5.36. The molecular formula is C20H28O4. The molecule has 24 heavy (non-hydrogen) atoms. The molecule has 2 atom stereocenters. The predicted molar refractivity (Wildman–Crippen MR) is 92.7 cm³/mol. The van der Waals surface area contributed by atoms with E-state index in [4.69, 9.17) is 9.47 Å². The number of esters is 2. The van der Waals surface area contributed by atoms with Gasteiger partial charge in [-0.3, -0.25) is 9.59 Å². The van der Waals surface area contributed by atoms with Crippen molar-refractivity contribution in [3.8, 4) is 5.75 Å². The fourth-order valence-corrected chi connectivity index (χ4v) is 3.20. The Hall–Kier alpha value is -1.84. The van der Waals surface area contributed by atoms with Crippen molar-refractivity contribution < 1.29 is 19.1 Å². The summed E-state index contributed by atoms with van der Waals surface area (Å²) in [7, 11) is 0. The van der Waals surface area contributed by atoms with Crippen LogP contribution in [-0.2, 0) is 14.3 Å². The Morgan fingerprint density at radius 2 is 1.79 bits per heavy atom. The zero-order valence-electron chi connectivity index (χ0n) is 14.8. The molecule has 1 aromatic rings. The molecule has 0 bridgehead atoms. The van der Waals surface area contributed by atoms with Gasteiger partial charge in [0, 0.05) is 0 Å². The highest BCUT2D eigenvalue weighted by atomic mass is 16.5. The number of hydrogen-bond donors (Lipinski definition) is 0. The Morgan fingerprint density at radius 3 is 2.46 bits per heavy atom. The van der Waals surface area contributed by atoms with Crippen LogP contribution in [0.15, 0.2) is 24.3 Å². The van der Waals surface area contributed by atoms with Crippen molar-refractivity contribution in [3.05, 3.63) is 29.8 Å². The maximum absolute atomic E-state index is 12.5. The minimum atomic E-state index is -0.391. The summed E-state index contributed by atoms with van der Waals surface area (Å²) in [6.45, 7) is 4.51. The van der Waals surface area contributed by atoms with Crippen LogP contribution in [0.1, 0.15) is 57.4 Å². The molecule has 0 spiro atoms. The van der Waals surface area contributed by atoms with Gasteiger partial charge in [0.25, 0.3) is 0 Å². The minimum absolute atomic E-state index is 0.239. The Morgan fingerprint density at radius 1 is 1.08 bits per heavy atom. The first-order valence-corrected chi connectivity index (χ1v) is 9.06. The van der Waals surface area contributed by atoms with Crippen LogP contribution in [0.2, 0.25) is 0 Å². The molecular weight excluding hydrogens is 304 g/mol. The first kappa shape index (κ1) is 18.5. The molecule has 0 N–H and O–H groups in total. The summed E-state index contributed by atoms with van der Waals surface area (Å²) < 4.78 is 10.9. The van der Waals surface area contributed by atoms with Gasteiger partial charge in [-0.05, 0) is 43.9 Å². The average Bonchev–Trinajstić information content (AvgIpc) is 2.58. The van der Waals surface area contributed by atoms with Crippen molar-refractivity contribution in [1.29, 1.82) is 0 Å². The molecule has 0 aromatic heterocycles. The second-order valence-corrected chi connectivity index (χ2v) is 6.61. The highest BCUT2D eigenvalue weighted by Crippen LogP contribution is 2.32. The van der Waals surface area contributed by atoms with Crippen molar-refractivity contribution in [2.45, 2.75) is 58.8 Å². The molecule has 1 aliphatic rings. The van der Waals surface area contributed by atoms with E-state index in [1.54, 1.807) is 6.07 Å². The largest absolute Gasteiger partial charge is 0.465 e. The van der Waals surface area contributed by atoms with E-state index in [-0.39, 0.29) is 17.9 Å². The number of ether oxygens (including phenoxy) is 2. The second kappa shape index (κ2) is 9.45. The molecule has 0 radical (unpaired) electrons. The fourth-order valence-electron chi connectivity index (χ4n) is 3.20. The van der Waals surface area contributed by atoms with Gasteiger partial charge in [0.05, 0.1) is 18.4 Å². The highest BCUT2D eigenvalue weighted by Gasteiger charge is 2.38. The van der Waals surface area contributed by atoms with Crippen LogP contribution in [0.4, 0.5) is 0 Å². The lowest BCUT2D eigenvalue weighted by Crippen LogP contribution is -2.36. The molecule has 1 saturated carbocycles. The van der Waals surface area contributed by atoms with Gasteiger partial charge in [-0.1, -0.05) is 44.7 Å². The van der Waals surface area contributed by atoms with E-state index in [9.17, 15) is 9.59 Å². The Bertz CT molecular complexity index is 552. The number of unbranched alkanes of at least 4 members (excludes halogenated alkanes) is 2. The third-order valence-electron chi connectivity index (χ3n) is 4.57. The Kier molecular flexibility index (Phi) is 7.29. The number of aryl methyl sites for hydroxylation is 1. The SMILES string of the molecule is CCCCCOC(=O)C1CCCCC1C(=O)Oc1cccc(C)c1. The van der Waals surface area contributed by atoms with Gasteiger partial charge in [-0.2, -0.15) is 0 Å². The molecule has 1 aliphatic carbocycles. The van der Waals surface area contributed by atoms with Crippen molar-refractivity contribution in [2.24, 2.45) is 11.8 Å². The zero-order chi connectivity index (χ0) is 17.4. The fraction of sp³-hybridized carbons (Fsp3) is 0.600. The van der Waals surface area contributed by atoms with Crippen molar-refractivity contribution in [2.75, 3.05) is 6.61 Å². The van der Waals surface area contributed by atoms with Gasteiger partial charge < -0.3 is 9.47 Å². The van der Waals surface area contributed by atoms with Gasteiger partial charge in [0.1, 0.15) is 5.75 Å². The number of carbonyl (C=O) groups is 2. The molecule has 2 unspecified atom stereocenters. The van der Waals surface area contributed by atoms with E-state index in [0.717, 1.165) is 37.7 Å². The second-order valence-electron chi connectivity index (χ2n) is 6.61. The lowest BCUT2D eigenvalue weighted by atomic mass is 9.79. The van der Waals surface area contributed by atoms with Crippen LogP contribution in [-0.4, -0.2) is 18.5 Å².